The summed E-state index contributed by atoms with van der Waals surface area (Å²) in [5, 5.41) is 4.80. The van der Waals surface area contributed by atoms with Crippen LogP contribution in [0.4, 0.5) is 4.79 Å². The summed E-state index contributed by atoms with van der Waals surface area (Å²) in [5.41, 5.74) is -0.112. The van der Waals surface area contributed by atoms with Gasteiger partial charge in [0.1, 0.15) is 15.4 Å². The van der Waals surface area contributed by atoms with Crippen LogP contribution in [0.25, 0.3) is 10.9 Å². The number of halogens is 1. The van der Waals surface area contributed by atoms with E-state index in [-0.39, 0.29) is 5.56 Å². The van der Waals surface area contributed by atoms with Crippen molar-refractivity contribution >= 4 is 59.8 Å². The molecule has 1 heterocycles. The molecule has 0 saturated heterocycles. The van der Waals surface area contributed by atoms with Crippen molar-refractivity contribution in [2.75, 3.05) is 19.1 Å². The Bertz CT molecular complexity index is 1130. The Morgan fingerprint density at radius 3 is 2.31 bits per heavy atom. The summed E-state index contributed by atoms with van der Waals surface area (Å²) in [6.45, 7) is 4.58. The lowest BCUT2D eigenvalue weighted by Crippen LogP contribution is -2.27. The fourth-order valence-electron chi connectivity index (χ4n) is 2.31. The first-order chi connectivity index (χ1) is 13.1. The molecule has 0 amide bonds. The number of carbonyl (C=O) groups excluding carboxylic acids is 1. The fraction of sp³-hybridized carbons (Fsp3) is 0.500. The molecule has 0 spiro atoms. The molecule has 0 fully saturated rings. The zero-order chi connectivity index (χ0) is 22.2. The van der Waals surface area contributed by atoms with Crippen LogP contribution < -0.4 is 0 Å². The van der Waals surface area contributed by atoms with Crippen LogP contribution in [0.3, 0.4) is 0 Å². The zero-order valence-electron chi connectivity index (χ0n) is 16.4. The van der Waals surface area contributed by atoms with Crippen molar-refractivity contribution in [1.82, 2.24) is 9.78 Å². The molecule has 0 aliphatic heterocycles. The van der Waals surface area contributed by atoms with Gasteiger partial charge in [-0.1, -0.05) is 6.07 Å². The highest BCUT2D eigenvalue weighted by atomic mass is 127. The molecule has 1 unspecified atom stereocenters. The number of hydrogen-bond donors (Lipinski definition) is 0. The van der Waals surface area contributed by atoms with Gasteiger partial charge in [0, 0.05) is 5.39 Å². The fourth-order valence-corrected chi connectivity index (χ4v) is 3.95. The monoisotopic (exact) mass is 560 g/mol. The highest BCUT2D eigenvalue weighted by Gasteiger charge is 2.25. The second kappa shape index (κ2) is 8.45. The first-order valence-corrected chi connectivity index (χ1v) is 12.9. The molecule has 0 aliphatic carbocycles. The van der Waals surface area contributed by atoms with Crippen molar-refractivity contribution in [3.63, 3.8) is 0 Å². The normalized spacial score (nSPS) is 14.1. The molecule has 29 heavy (non-hydrogen) atoms. The van der Waals surface area contributed by atoms with E-state index in [0.29, 0.717) is 14.6 Å². The van der Waals surface area contributed by atoms with E-state index in [0.717, 1.165) is 17.2 Å². The van der Waals surface area contributed by atoms with E-state index >= 15 is 0 Å². The molecule has 1 atom stereocenters. The molecule has 10 nitrogen and oxygen atoms in total. The van der Waals surface area contributed by atoms with Gasteiger partial charge in [-0.3, -0.25) is 8.37 Å². The van der Waals surface area contributed by atoms with Gasteiger partial charge in [0.25, 0.3) is 20.2 Å². The molecule has 0 radical (unpaired) electrons. The van der Waals surface area contributed by atoms with Crippen LogP contribution in [-0.2, 0) is 33.3 Å². The molecule has 0 aliphatic rings. The maximum Gasteiger partial charge on any atom is 0.435 e. The number of hydrogen-bond acceptors (Lipinski definition) is 9. The second-order valence-electron chi connectivity index (χ2n) is 7.24. The smallest absolute Gasteiger partial charge is 0.435 e. The molecular weight excluding hydrogens is 539 g/mol. The summed E-state index contributed by atoms with van der Waals surface area (Å²) in [7, 11) is -7.76. The summed E-state index contributed by atoms with van der Waals surface area (Å²) in [6, 6.07) is 4.66. The van der Waals surface area contributed by atoms with Gasteiger partial charge < -0.3 is 4.74 Å². The average molecular weight is 560 g/mol. The van der Waals surface area contributed by atoms with Crippen LogP contribution in [0.15, 0.2) is 18.2 Å². The van der Waals surface area contributed by atoms with Gasteiger partial charge in [0.05, 0.1) is 24.6 Å². The Morgan fingerprint density at radius 2 is 1.79 bits per heavy atom. The number of nitrogens with zero attached hydrogens (tertiary/aromatic N) is 2. The Kier molecular flexibility index (Phi) is 6.99. The molecule has 0 bridgehead atoms. The Labute approximate surface area is 182 Å². The van der Waals surface area contributed by atoms with Crippen molar-refractivity contribution in [1.29, 1.82) is 0 Å². The number of rotatable bonds is 6. The minimum Gasteiger partial charge on any atom is -0.442 e. The number of fused-ring (bicyclic) bond motifs is 1. The van der Waals surface area contributed by atoms with Crippen molar-refractivity contribution in [2.24, 2.45) is 0 Å². The lowest BCUT2D eigenvalue weighted by Gasteiger charge is -2.19. The van der Waals surface area contributed by atoms with E-state index in [1.165, 1.54) is 6.07 Å². The van der Waals surface area contributed by atoms with E-state index in [2.05, 4.69) is 5.10 Å². The van der Waals surface area contributed by atoms with E-state index < -0.39 is 44.6 Å². The lowest BCUT2D eigenvalue weighted by atomic mass is 10.1. The molecule has 2 rings (SSSR count). The minimum absolute atomic E-state index is 0.285. The van der Waals surface area contributed by atoms with Crippen molar-refractivity contribution < 1.29 is 34.7 Å². The third-order valence-corrected chi connectivity index (χ3v) is 5.27. The minimum atomic E-state index is -3.93. The van der Waals surface area contributed by atoms with Crippen LogP contribution in [0.1, 0.15) is 32.4 Å². The number of carbonyl (C=O) groups is 1. The highest BCUT2D eigenvalue weighted by Crippen LogP contribution is 2.28. The molecule has 2 aromatic rings. The van der Waals surface area contributed by atoms with Crippen molar-refractivity contribution in [2.45, 2.75) is 32.5 Å². The average Bonchev–Trinajstić information content (AvgIpc) is 2.84. The summed E-state index contributed by atoms with van der Waals surface area (Å²) in [4.78, 5) is 12.5. The predicted octanol–water partition coefficient (Wildman–Crippen LogP) is 2.42. The highest BCUT2D eigenvalue weighted by molar-refractivity contribution is 14.1. The zero-order valence-corrected chi connectivity index (χ0v) is 20.2. The van der Waals surface area contributed by atoms with Crippen LogP contribution in [0, 0.1) is 3.70 Å². The third-order valence-electron chi connectivity index (χ3n) is 3.32. The van der Waals surface area contributed by atoms with Crippen LogP contribution in [0.5, 0.6) is 0 Å². The van der Waals surface area contributed by atoms with Gasteiger partial charge in [0.15, 0.2) is 0 Å². The van der Waals surface area contributed by atoms with Gasteiger partial charge in [-0.05, 0) is 61.1 Å². The first-order valence-electron chi connectivity index (χ1n) is 8.20. The molecule has 1 aromatic carbocycles. The van der Waals surface area contributed by atoms with Gasteiger partial charge in [-0.2, -0.15) is 26.6 Å². The topological polar surface area (TPSA) is 131 Å². The number of ether oxygens (including phenoxy) is 1. The van der Waals surface area contributed by atoms with E-state index in [1.54, 1.807) is 32.9 Å². The Hall–Kier alpha value is -1.29. The van der Waals surface area contributed by atoms with Crippen molar-refractivity contribution in [3.8, 4) is 0 Å². The maximum atomic E-state index is 12.5. The molecule has 162 valence electrons. The quantitative estimate of drug-likeness (QED) is 0.386. The van der Waals surface area contributed by atoms with Crippen LogP contribution >= 0.6 is 22.6 Å². The summed E-state index contributed by atoms with van der Waals surface area (Å²) in [6.07, 6.45) is -0.278. The third kappa shape index (κ3) is 7.16. The Balaban J connectivity index is 2.52. The molecule has 0 N–H and O–H groups in total. The van der Waals surface area contributed by atoms with Crippen molar-refractivity contribution in [3.05, 3.63) is 27.5 Å². The molecule has 0 saturated carbocycles. The first kappa shape index (κ1) is 24.0. The van der Waals surface area contributed by atoms with Gasteiger partial charge in [-0.15, -0.1) is 0 Å². The van der Waals surface area contributed by atoms with Gasteiger partial charge >= 0.3 is 6.09 Å². The molecule has 13 heteroatoms. The van der Waals surface area contributed by atoms with E-state index in [1.807, 2.05) is 22.6 Å². The second-order valence-corrected chi connectivity index (χ2v) is 11.5. The lowest BCUT2D eigenvalue weighted by molar-refractivity contribution is 0.0522. The summed E-state index contributed by atoms with van der Waals surface area (Å²) >= 11 is 1.96. The summed E-state index contributed by atoms with van der Waals surface area (Å²) in [5.74, 6) is 0. The summed E-state index contributed by atoms with van der Waals surface area (Å²) < 4.78 is 62.5. The molecule has 1 aromatic heterocycles. The van der Waals surface area contributed by atoms with E-state index in [4.69, 9.17) is 13.1 Å². The van der Waals surface area contributed by atoms with E-state index in [9.17, 15) is 21.6 Å². The van der Waals surface area contributed by atoms with Crippen LogP contribution in [-0.4, -0.2) is 57.4 Å². The SMILES string of the molecule is CC(C)(C)OC(=O)n1nc(I)c2ccc(C(COS(C)(=O)=O)OS(C)(=O)=O)cc21. The Morgan fingerprint density at radius 1 is 1.17 bits per heavy atom. The standard InChI is InChI=1S/C16H21IN2O8S2/c1-16(2,3)26-15(20)19-12-8-10(6-7-11(12)14(17)18-19)13(27-29(5,23)24)9-25-28(4,21)22/h6-8,13H,9H2,1-5H3. The van der Waals surface area contributed by atoms with Gasteiger partial charge in [0.2, 0.25) is 0 Å². The largest absolute Gasteiger partial charge is 0.442 e. The molecular formula is C16H21IN2O8S2. The predicted molar refractivity (Wildman–Crippen MR) is 114 cm³/mol. The number of aromatic nitrogens is 2. The van der Waals surface area contributed by atoms with Gasteiger partial charge in [-0.25, -0.2) is 4.79 Å². The van der Waals surface area contributed by atoms with Crippen LogP contribution in [0.2, 0.25) is 0 Å². The maximum absolute atomic E-state index is 12.5. The number of benzene rings is 1.